The fourth-order valence-corrected chi connectivity index (χ4v) is 6.64. The maximum absolute atomic E-state index is 14.0. The van der Waals surface area contributed by atoms with Crippen LogP contribution in [0.3, 0.4) is 0 Å². The first-order valence-corrected chi connectivity index (χ1v) is 13.2. The van der Waals surface area contributed by atoms with Gasteiger partial charge in [-0.15, -0.1) is 11.3 Å². The average Bonchev–Trinajstić information content (AvgIpc) is 3.28. The summed E-state index contributed by atoms with van der Waals surface area (Å²) in [5, 5.41) is 15.4. The highest BCUT2D eigenvalue weighted by atomic mass is 35.5. The van der Waals surface area contributed by atoms with Crippen LogP contribution in [0.1, 0.15) is 10.6 Å². The van der Waals surface area contributed by atoms with Crippen LogP contribution >= 0.6 is 34.5 Å². The number of nitrogens with one attached hydrogen (secondary N) is 1. The van der Waals surface area contributed by atoms with Crippen molar-refractivity contribution in [2.24, 2.45) is 5.41 Å². The fourth-order valence-electron chi connectivity index (χ4n) is 3.64. The first kappa shape index (κ1) is 24.9. The van der Waals surface area contributed by atoms with E-state index in [0.717, 1.165) is 11.1 Å². The Bertz CT molecular complexity index is 1320. The van der Waals surface area contributed by atoms with Gasteiger partial charge in [0, 0.05) is 54.3 Å². The van der Waals surface area contributed by atoms with Crippen LogP contribution in [0.15, 0.2) is 52.9 Å². The molecule has 0 saturated carbocycles. The lowest BCUT2D eigenvalue weighted by Gasteiger charge is -2.48. The van der Waals surface area contributed by atoms with Gasteiger partial charge in [-0.05, 0) is 30.3 Å². The highest BCUT2D eigenvalue weighted by Crippen LogP contribution is 2.37. The van der Waals surface area contributed by atoms with Crippen molar-refractivity contribution in [2.45, 2.75) is 11.4 Å². The van der Waals surface area contributed by atoms with Crippen LogP contribution in [0, 0.1) is 22.6 Å². The van der Waals surface area contributed by atoms with E-state index in [4.69, 9.17) is 33.2 Å². The average molecular weight is 541 g/mol. The number of halogens is 3. The summed E-state index contributed by atoms with van der Waals surface area (Å²) in [6, 6.07) is 10.0. The molecule has 2 aromatic carbocycles. The molecule has 0 radical (unpaired) electrons. The predicted octanol–water partition coefficient (Wildman–Crippen LogP) is 4.32. The van der Waals surface area contributed by atoms with Gasteiger partial charge < -0.3 is 10.1 Å². The number of ether oxygens (including phenoxy) is 1. The van der Waals surface area contributed by atoms with Crippen molar-refractivity contribution < 1.29 is 17.5 Å². The SMILES string of the molecule is N#Cc1ccc(OCC2(CNCc3nccs3)CN(S(=O)(=O)c3ccc(Cl)cc3Cl)C2)cc1F. The first-order valence-electron chi connectivity index (χ1n) is 10.1. The number of hydrogen-bond acceptors (Lipinski definition) is 7. The predicted molar refractivity (Wildman–Crippen MR) is 128 cm³/mol. The summed E-state index contributed by atoms with van der Waals surface area (Å²) >= 11 is 13.6. The molecule has 0 aliphatic carbocycles. The summed E-state index contributed by atoms with van der Waals surface area (Å²) in [4.78, 5) is 4.22. The van der Waals surface area contributed by atoms with Crippen molar-refractivity contribution in [3.05, 3.63) is 74.4 Å². The van der Waals surface area contributed by atoms with Gasteiger partial charge in [-0.2, -0.15) is 9.57 Å². The van der Waals surface area contributed by atoms with Gasteiger partial charge in [0.15, 0.2) is 0 Å². The summed E-state index contributed by atoms with van der Waals surface area (Å²) in [7, 11) is -3.83. The minimum absolute atomic E-state index is 0.0157. The molecule has 0 unspecified atom stereocenters. The summed E-state index contributed by atoms with van der Waals surface area (Å²) in [6.07, 6.45) is 1.72. The van der Waals surface area contributed by atoms with Gasteiger partial charge in [0.1, 0.15) is 27.5 Å². The van der Waals surface area contributed by atoms with Crippen molar-refractivity contribution in [2.75, 3.05) is 26.2 Å². The molecule has 178 valence electrons. The van der Waals surface area contributed by atoms with Crippen LogP contribution in [0.5, 0.6) is 5.75 Å². The molecule has 0 atom stereocenters. The fraction of sp³-hybridized carbons (Fsp3) is 0.273. The number of rotatable bonds is 9. The van der Waals surface area contributed by atoms with Gasteiger partial charge in [0.25, 0.3) is 0 Å². The smallest absolute Gasteiger partial charge is 0.244 e. The van der Waals surface area contributed by atoms with E-state index in [0.29, 0.717) is 18.1 Å². The number of thiazole rings is 1. The van der Waals surface area contributed by atoms with Crippen molar-refractivity contribution in [3.8, 4) is 11.8 Å². The Morgan fingerprint density at radius 3 is 2.71 bits per heavy atom. The highest BCUT2D eigenvalue weighted by Gasteiger charge is 2.49. The lowest BCUT2D eigenvalue weighted by atomic mass is 9.82. The van der Waals surface area contributed by atoms with Crippen LogP contribution in [0.2, 0.25) is 10.0 Å². The second-order valence-corrected chi connectivity index (χ2v) is 11.6. The molecular weight excluding hydrogens is 522 g/mol. The molecule has 12 heteroatoms. The molecule has 3 aromatic rings. The monoisotopic (exact) mass is 540 g/mol. The Kier molecular flexibility index (Phi) is 7.42. The van der Waals surface area contributed by atoms with Crippen LogP contribution in [-0.2, 0) is 16.6 Å². The Morgan fingerprint density at radius 1 is 1.26 bits per heavy atom. The van der Waals surface area contributed by atoms with E-state index in [2.05, 4.69) is 10.3 Å². The molecule has 34 heavy (non-hydrogen) atoms. The number of sulfonamides is 1. The first-order chi connectivity index (χ1) is 16.2. The van der Waals surface area contributed by atoms with Gasteiger partial charge >= 0.3 is 0 Å². The zero-order valence-electron chi connectivity index (χ0n) is 17.7. The molecule has 1 aromatic heterocycles. The van der Waals surface area contributed by atoms with E-state index in [1.807, 2.05) is 5.38 Å². The number of nitriles is 1. The summed E-state index contributed by atoms with van der Waals surface area (Å²) in [5.74, 6) is -0.413. The van der Waals surface area contributed by atoms with Crippen LogP contribution in [-0.4, -0.2) is 43.9 Å². The maximum atomic E-state index is 14.0. The number of nitrogens with zero attached hydrogens (tertiary/aromatic N) is 3. The van der Waals surface area contributed by atoms with Crippen molar-refractivity contribution >= 4 is 44.6 Å². The summed E-state index contributed by atoms with van der Waals surface area (Å²) in [5.41, 5.74) is -0.638. The normalized spacial score (nSPS) is 15.5. The van der Waals surface area contributed by atoms with Crippen LogP contribution < -0.4 is 10.1 Å². The molecular formula is C22H19Cl2FN4O3S2. The Morgan fingerprint density at radius 2 is 2.06 bits per heavy atom. The molecule has 4 rings (SSSR count). The largest absolute Gasteiger partial charge is 0.493 e. The minimum Gasteiger partial charge on any atom is -0.493 e. The molecule has 7 nitrogen and oxygen atoms in total. The van der Waals surface area contributed by atoms with Gasteiger partial charge in [-0.3, -0.25) is 0 Å². The van der Waals surface area contributed by atoms with E-state index in [-0.39, 0.29) is 40.9 Å². The molecule has 1 fully saturated rings. The lowest BCUT2D eigenvalue weighted by molar-refractivity contribution is 0.0190. The number of benzene rings is 2. The topological polar surface area (TPSA) is 95.3 Å². The van der Waals surface area contributed by atoms with Gasteiger partial charge in [0.05, 0.1) is 17.2 Å². The van der Waals surface area contributed by atoms with E-state index in [1.54, 1.807) is 12.3 Å². The van der Waals surface area contributed by atoms with Gasteiger partial charge in [-0.25, -0.2) is 17.8 Å². The van der Waals surface area contributed by atoms with E-state index < -0.39 is 21.3 Å². The van der Waals surface area contributed by atoms with E-state index in [9.17, 15) is 12.8 Å². The van der Waals surface area contributed by atoms with Crippen LogP contribution in [0.25, 0.3) is 0 Å². The molecule has 1 aliphatic heterocycles. The molecule has 1 aliphatic rings. The molecule has 2 heterocycles. The van der Waals surface area contributed by atoms with Crippen molar-refractivity contribution in [3.63, 3.8) is 0 Å². The molecule has 0 amide bonds. The third-order valence-corrected chi connectivity index (χ3v) is 8.69. The summed E-state index contributed by atoms with van der Waals surface area (Å²) in [6.45, 7) is 1.48. The van der Waals surface area contributed by atoms with Gasteiger partial charge in [0.2, 0.25) is 10.0 Å². The van der Waals surface area contributed by atoms with Gasteiger partial charge in [-0.1, -0.05) is 23.2 Å². The Balaban J connectivity index is 1.48. The molecule has 1 saturated heterocycles. The third kappa shape index (κ3) is 5.35. The second-order valence-electron chi connectivity index (χ2n) is 7.92. The maximum Gasteiger partial charge on any atom is 0.244 e. The second kappa shape index (κ2) is 10.2. The zero-order valence-corrected chi connectivity index (χ0v) is 20.8. The third-order valence-electron chi connectivity index (χ3n) is 5.40. The van der Waals surface area contributed by atoms with Crippen molar-refractivity contribution in [1.29, 1.82) is 5.26 Å². The molecule has 0 spiro atoms. The zero-order chi connectivity index (χ0) is 24.3. The van der Waals surface area contributed by atoms with Crippen molar-refractivity contribution in [1.82, 2.24) is 14.6 Å². The van der Waals surface area contributed by atoms with E-state index in [1.165, 1.54) is 46.0 Å². The number of hydrogen-bond donors (Lipinski definition) is 1. The summed E-state index contributed by atoms with van der Waals surface area (Å²) < 4.78 is 47.4. The standard InChI is InChI=1S/C22H19Cl2FN4O3S2/c23-16-2-4-20(18(24)7-16)34(30,31)29-12-22(13-29,11-27-10-21-28-5-6-33-21)14-32-17-3-1-15(9-26)19(25)8-17/h1-8,27H,10-14H2. The Labute approximate surface area is 210 Å². The Hall–Kier alpha value is -2.26. The molecule has 1 N–H and O–H groups in total. The highest BCUT2D eigenvalue weighted by molar-refractivity contribution is 7.89. The van der Waals surface area contributed by atoms with Crippen LogP contribution in [0.4, 0.5) is 4.39 Å². The molecule has 0 bridgehead atoms. The van der Waals surface area contributed by atoms with E-state index >= 15 is 0 Å². The quantitative estimate of drug-likeness (QED) is 0.434. The number of aromatic nitrogens is 1. The lowest BCUT2D eigenvalue weighted by Crippen LogP contribution is -2.64. The minimum atomic E-state index is -3.83.